The summed E-state index contributed by atoms with van der Waals surface area (Å²) >= 11 is 0. The van der Waals surface area contributed by atoms with Crippen LogP contribution in [-0.2, 0) is 4.79 Å². The monoisotopic (exact) mass is 332 g/mol. The third-order valence-corrected chi connectivity index (χ3v) is 4.50. The van der Waals surface area contributed by atoms with Crippen molar-refractivity contribution in [2.24, 2.45) is 0 Å². The second kappa shape index (κ2) is 8.13. The number of aromatic nitrogens is 1. The third-order valence-electron chi connectivity index (χ3n) is 4.50. The molecular weight excluding hydrogens is 304 g/mol. The minimum absolute atomic E-state index is 0.0599. The van der Waals surface area contributed by atoms with Gasteiger partial charge in [0.05, 0.1) is 5.56 Å². The van der Waals surface area contributed by atoms with E-state index in [0.717, 1.165) is 31.5 Å². The lowest BCUT2D eigenvalue weighted by Gasteiger charge is -2.36. The fourth-order valence-electron chi connectivity index (χ4n) is 3.05. The van der Waals surface area contributed by atoms with Gasteiger partial charge in [-0.3, -0.25) is 9.59 Å². The highest BCUT2D eigenvalue weighted by molar-refractivity contribution is 5.99. The lowest BCUT2D eigenvalue weighted by molar-refractivity contribution is -0.128. The normalized spacial score (nSPS) is 16.3. The van der Waals surface area contributed by atoms with Crippen LogP contribution in [0.25, 0.3) is 0 Å². The van der Waals surface area contributed by atoms with Crippen molar-refractivity contribution in [3.8, 4) is 0 Å². The van der Waals surface area contributed by atoms with Crippen LogP contribution in [-0.4, -0.2) is 43.0 Å². The van der Waals surface area contributed by atoms with Crippen molar-refractivity contribution in [1.82, 2.24) is 15.6 Å². The molecule has 1 aliphatic rings. The van der Waals surface area contributed by atoms with Gasteiger partial charge >= 0.3 is 0 Å². The van der Waals surface area contributed by atoms with Gasteiger partial charge in [0, 0.05) is 26.8 Å². The van der Waals surface area contributed by atoms with Crippen LogP contribution in [0.5, 0.6) is 0 Å². The zero-order valence-electron chi connectivity index (χ0n) is 14.9. The van der Waals surface area contributed by atoms with Crippen LogP contribution in [0.1, 0.15) is 55.8 Å². The van der Waals surface area contributed by atoms with Gasteiger partial charge in [0.1, 0.15) is 11.4 Å². The highest BCUT2D eigenvalue weighted by atomic mass is 16.2. The summed E-state index contributed by atoms with van der Waals surface area (Å²) in [5, 5.41) is 5.95. The van der Waals surface area contributed by atoms with Crippen molar-refractivity contribution >= 4 is 17.6 Å². The highest BCUT2D eigenvalue weighted by Crippen LogP contribution is 2.29. The Morgan fingerprint density at radius 2 is 1.92 bits per heavy atom. The van der Waals surface area contributed by atoms with Gasteiger partial charge in [0.25, 0.3) is 5.91 Å². The maximum absolute atomic E-state index is 12.6. The fourth-order valence-corrected chi connectivity index (χ4v) is 3.05. The molecule has 24 heavy (non-hydrogen) atoms. The molecule has 0 aromatic carbocycles. The predicted octanol–water partition coefficient (Wildman–Crippen LogP) is 2.11. The Bertz CT molecular complexity index is 563. The number of hydrogen-bond acceptors (Lipinski definition) is 4. The minimum atomic E-state index is -0.787. The summed E-state index contributed by atoms with van der Waals surface area (Å²) in [6, 6.07) is 3.55. The zero-order chi connectivity index (χ0) is 17.6. The molecule has 2 N–H and O–H groups in total. The molecule has 2 rings (SSSR count). The molecule has 1 aromatic heterocycles. The summed E-state index contributed by atoms with van der Waals surface area (Å²) in [5.41, 5.74) is -0.307. The van der Waals surface area contributed by atoms with Gasteiger partial charge in [-0.1, -0.05) is 26.2 Å². The van der Waals surface area contributed by atoms with Gasteiger partial charge in [-0.05, 0) is 31.4 Å². The van der Waals surface area contributed by atoms with E-state index >= 15 is 0 Å². The summed E-state index contributed by atoms with van der Waals surface area (Å²) in [6.07, 6.45) is 6.85. The Morgan fingerprint density at radius 1 is 1.21 bits per heavy atom. The molecule has 0 unspecified atom stereocenters. The summed E-state index contributed by atoms with van der Waals surface area (Å²) in [7, 11) is 3.80. The number of anilines is 1. The molecule has 0 saturated heterocycles. The van der Waals surface area contributed by atoms with E-state index in [-0.39, 0.29) is 11.8 Å². The molecule has 132 valence electrons. The van der Waals surface area contributed by atoms with Crippen LogP contribution in [0, 0.1) is 0 Å². The molecule has 0 bridgehead atoms. The lowest BCUT2D eigenvalue weighted by atomic mass is 9.80. The van der Waals surface area contributed by atoms with Crippen molar-refractivity contribution in [3.05, 3.63) is 23.9 Å². The van der Waals surface area contributed by atoms with Gasteiger partial charge in [-0.15, -0.1) is 0 Å². The van der Waals surface area contributed by atoms with Crippen LogP contribution in [0.4, 0.5) is 5.82 Å². The van der Waals surface area contributed by atoms with Crippen molar-refractivity contribution in [2.45, 2.75) is 51.0 Å². The summed E-state index contributed by atoms with van der Waals surface area (Å²) in [4.78, 5) is 31.4. The molecule has 2 amide bonds. The Balaban J connectivity index is 2.13. The third kappa shape index (κ3) is 4.24. The van der Waals surface area contributed by atoms with Crippen LogP contribution in [0.15, 0.2) is 18.3 Å². The molecule has 0 atom stereocenters. The molecule has 0 aliphatic heterocycles. The van der Waals surface area contributed by atoms with E-state index in [1.54, 1.807) is 18.3 Å². The molecule has 0 radical (unpaired) electrons. The maximum Gasteiger partial charge on any atom is 0.253 e. The average molecular weight is 332 g/mol. The van der Waals surface area contributed by atoms with Crippen LogP contribution in [0.3, 0.4) is 0 Å². The van der Waals surface area contributed by atoms with E-state index in [1.807, 2.05) is 25.9 Å². The lowest BCUT2D eigenvalue weighted by Crippen LogP contribution is -2.59. The number of nitrogens with one attached hydrogen (secondary N) is 2. The number of amides is 2. The summed E-state index contributed by atoms with van der Waals surface area (Å²) in [6.45, 7) is 2.65. The van der Waals surface area contributed by atoms with Crippen LogP contribution in [0.2, 0.25) is 0 Å². The minimum Gasteiger partial charge on any atom is -0.363 e. The molecule has 0 spiro atoms. The number of hydrogen-bond donors (Lipinski definition) is 2. The van der Waals surface area contributed by atoms with E-state index in [4.69, 9.17) is 0 Å². The Kier molecular flexibility index (Phi) is 6.17. The molecule has 1 aromatic rings. The van der Waals surface area contributed by atoms with E-state index in [9.17, 15) is 9.59 Å². The van der Waals surface area contributed by atoms with Crippen LogP contribution >= 0.6 is 0 Å². The van der Waals surface area contributed by atoms with Crippen molar-refractivity contribution < 1.29 is 9.59 Å². The molecule has 1 fully saturated rings. The van der Waals surface area contributed by atoms with Gasteiger partial charge in [-0.2, -0.15) is 0 Å². The predicted molar refractivity (Wildman–Crippen MR) is 95.1 cm³/mol. The largest absolute Gasteiger partial charge is 0.363 e. The smallest absolute Gasteiger partial charge is 0.253 e. The van der Waals surface area contributed by atoms with E-state index < -0.39 is 5.54 Å². The molecule has 6 heteroatoms. The van der Waals surface area contributed by atoms with E-state index in [1.165, 1.54) is 0 Å². The van der Waals surface area contributed by atoms with Crippen molar-refractivity contribution in [3.63, 3.8) is 0 Å². The van der Waals surface area contributed by atoms with Crippen molar-refractivity contribution in [2.75, 3.05) is 25.5 Å². The summed E-state index contributed by atoms with van der Waals surface area (Å²) < 4.78 is 0. The maximum atomic E-state index is 12.6. The molecular formula is C18H28N4O2. The fraction of sp³-hybridized carbons (Fsp3) is 0.611. The molecule has 1 saturated carbocycles. The number of rotatable bonds is 6. The number of pyridine rings is 1. The molecule has 6 nitrogen and oxygen atoms in total. The van der Waals surface area contributed by atoms with Gasteiger partial charge in [-0.25, -0.2) is 4.98 Å². The van der Waals surface area contributed by atoms with E-state index in [2.05, 4.69) is 15.6 Å². The number of carbonyl (C=O) groups excluding carboxylic acids is 2. The number of nitrogens with zero attached hydrogens (tertiary/aromatic N) is 2. The molecule has 1 heterocycles. The first-order valence-corrected chi connectivity index (χ1v) is 8.73. The Labute approximate surface area is 144 Å². The van der Waals surface area contributed by atoms with Gasteiger partial charge in [0.2, 0.25) is 5.91 Å². The second-order valence-corrected chi connectivity index (χ2v) is 6.65. The second-order valence-electron chi connectivity index (χ2n) is 6.65. The van der Waals surface area contributed by atoms with Crippen molar-refractivity contribution in [1.29, 1.82) is 0 Å². The quantitative estimate of drug-likeness (QED) is 0.837. The number of carbonyl (C=O) groups is 2. The average Bonchev–Trinajstić information content (AvgIpc) is 2.60. The highest BCUT2D eigenvalue weighted by Gasteiger charge is 2.40. The first-order chi connectivity index (χ1) is 11.5. The zero-order valence-corrected chi connectivity index (χ0v) is 14.9. The topological polar surface area (TPSA) is 74.3 Å². The SMILES string of the molecule is CCCNC(=O)C1(NC(=O)c2ccc(N(C)C)nc2)CCCCC1. The van der Waals surface area contributed by atoms with Gasteiger partial charge in [0.15, 0.2) is 0 Å². The van der Waals surface area contributed by atoms with Crippen LogP contribution < -0.4 is 15.5 Å². The standard InChI is InChI=1S/C18H28N4O2/c1-4-12-19-17(24)18(10-6-5-7-11-18)21-16(23)14-8-9-15(20-13-14)22(2)3/h8-9,13H,4-7,10-12H2,1-3H3,(H,19,24)(H,21,23). The Hall–Kier alpha value is -2.11. The van der Waals surface area contributed by atoms with Gasteiger partial charge < -0.3 is 15.5 Å². The molecule has 1 aliphatic carbocycles. The Morgan fingerprint density at radius 3 is 2.46 bits per heavy atom. The first kappa shape index (κ1) is 18.2. The first-order valence-electron chi connectivity index (χ1n) is 8.73. The van der Waals surface area contributed by atoms with E-state index in [0.29, 0.717) is 24.9 Å². The summed E-state index contributed by atoms with van der Waals surface area (Å²) in [5.74, 6) is 0.497.